The minimum absolute atomic E-state index is 0.0313. The van der Waals surface area contributed by atoms with E-state index in [0.29, 0.717) is 28.5 Å². The highest BCUT2D eigenvalue weighted by Gasteiger charge is 2.19. The molecule has 1 N–H and O–H groups in total. The van der Waals surface area contributed by atoms with Gasteiger partial charge in [-0.25, -0.2) is 27.8 Å². The number of ether oxygens (including phenoxy) is 2. The van der Waals surface area contributed by atoms with E-state index in [1.165, 1.54) is 29.8 Å². The minimum atomic E-state index is -3.17. The van der Waals surface area contributed by atoms with Crippen LogP contribution in [-0.2, 0) is 21.2 Å². The second-order valence-corrected chi connectivity index (χ2v) is 14.4. The Kier molecular flexibility index (Phi) is 9.65. The van der Waals surface area contributed by atoms with Gasteiger partial charge in [0.15, 0.2) is 9.84 Å². The molecule has 3 heterocycles. The molecule has 0 aliphatic carbocycles. The van der Waals surface area contributed by atoms with Gasteiger partial charge >= 0.3 is 0 Å². The van der Waals surface area contributed by atoms with Crippen LogP contribution in [0, 0.1) is 5.82 Å². The topological polar surface area (TPSA) is 116 Å². The third-order valence-corrected chi connectivity index (χ3v) is 10.4. The number of nitrogens with zero attached hydrogens (tertiary/aromatic N) is 4. The molecule has 5 aromatic rings. The van der Waals surface area contributed by atoms with Crippen molar-refractivity contribution >= 4 is 59.5 Å². The number of hydrogen-bond donors (Lipinski definition) is 1. The molecule has 0 bridgehead atoms. The number of thiazole rings is 1. The van der Waals surface area contributed by atoms with Crippen LogP contribution in [0.1, 0.15) is 37.4 Å². The van der Waals surface area contributed by atoms with Crippen LogP contribution in [0.25, 0.3) is 22.3 Å². The van der Waals surface area contributed by atoms with Gasteiger partial charge in [0.05, 0.1) is 45.2 Å². The lowest BCUT2D eigenvalue weighted by molar-refractivity contribution is 0.0775. The van der Waals surface area contributed by atoms with Crippen LogP contribution in [0.5, 0.6) is 5.75 Å². The number of hydrogen-bond acceptors (Lipinski definition) is 10. The monoisotopic (exact) mass is 685 g/mol. The van der Waals surface area contributed by atoms with E-state index in [4.69, 9.17) is 14.5 Å². The number of benzene rings is 2. The Labute approximate surface area is 261 Å². The summed E-state index contributed by atoms with van der Waals surface area (Å²) in [5.74, 6) is 0.873. The molecular formula is C30H29BrFN5O4S2. The van der Waals surface area contributed by atoms with Crippen LogP contribution in [0.2, 0.25) is 0 Å². The van der Waals surface area contributed by atoms with E-state index in [1.54, 1.807) is 32.2 Å². The maximum Gasteiger partial charge on any atom is 0.154 e. The summed E-state index contributed by atoms with van der Waals surface area (Å²) < 4.78 is 50.0. The number of anilines is 2. The summed E-state index contributed by atoms with van der Waals surface area (Å²) in [5.41, 5.74) is 3.48. The first kappa shape index (κ1) is 30.9. The summed E-state index contributed by atoms with van der Waals surface area (Å²) in [7, 11) is -3.17. The molecule has 9 nitrogen and oxygen atoms in total. The summed E-state index contributed by atoms with van der Waals surface area (Å²) in [5, 5.41) is 6.28. The first-order valence-electron chi connectivity index (χ1n) is 13.4. The largest absolute Gasteiger partial charge is 0.488 e. The Bertz CT molecular complexity index is 1850. The standard InChI is InChI=1S/C30H29BrFN5O4S2/c1-18(2)43(38,39)10-9-40-19(3)30-37-27(16-42-30)25-13-23-26(14-33-25)34-17-35-29(23)36-22-7-8-28(24(31)12-22)41-15-20-5-4-6-21(32)11-20/h4-8,11-14,16-19H,9-10,15H2,1-3H3,(H,34,35,36). The first-order valence-corrected chi connectivity index (χ1v) is 16.8. The third kappa shape index (κ3) is 7.71. The molecule has 224 valence electrons. The Morgan fingerprint density at radius 2 is 1.88 bits per heavy atom. The number of aromatic nitrogens is 4. The van der Waals surface area contributed by atoms with Crippen molar-refractivity contribution in [2.24, 2.45) is 0 Å². The van der Waals surface area contributed by atoms with Gasteiger partial charge in [-0.1, -0.05) is 12.1 Å². The number of rotatable bonds is 12. The molecule has 3 aromatic heterocycles. The summed E-state index contributed by atoms with van der Waals surface area (Å²) in [6, 6.07) is 13.7. The van der Waals surface area contributed by atoms with Gasteiger partial charge in [0.1, 0.15) is 41.4 Å². The molecular weight excluding hydrogens is 657 g/mol. The number of sulfone groups is 1. The highest BCUT2D eigenvalue weighted by molar-refractivity contribution is 9.10. The van der Waals surface area contributed by atoms with Gasteiger partial charge in [-0.3, -0.25) is 4.98 Å². The van der Waals surface area contributed by atoms with Crippen molar-refractivity contribution in [3.05, 3.63) is 87.3 Å². The lowest BCUT2D eigenvalue weighted by atomic mass is 10.2. The molecule has 43 heavy (non-hydrogen) atoms. The first-order chi connectivity index (χ1) is 20.6. The van der Waals surface area contributed by atoms with Crippen LogP contribution in [0.3, 0.4) is 0 Å². The van der Waals surface area contributed by atoms with Crippen LogP contribution >= 0.6 is 27.3 Å². The van der Waals surface area contributed by atoms with Gasteiger partial charge in [-0.15, -0.1) is 11.3 Å². The van der Waals surface area contributed by atoms with E-state index < -0.39 is 15.1 Å². The summed E-state index contributed by atoms with van der Waals surface area (Å²) >= 11 is 4.98. The number of pyridine rings is 1. The van der Waals surface area contributed by atoms with Gasteiger partial charge in [0.25, 0.3) is 0 Å². The van der Waals surface area contributed by atoms with E-state index in [9.17, 15) is 12.8 Å². The van der Waals surface area contributed by atoms with Crippen molar-refractivity contribution in [3.63, 3.8) is 0 Å². The Hall–Kier alpha value is -3.52. The molecule has 0 spiro atoms. The summed E-state index contributed by atoms with van der Waals surface area (Å²) in [6.07, 6.45) is 2.78. The molecule has 13 heteroatoms. The van der Waals surface area contributed by atoms with E-state index >= 15 is 0 Å². The van der Waals surface area contributed by atoms with Gasteiger partial charge < -0.3 is 14.8 Å². The molecule has 0 aliphatic heterocycles. The van der Waals surface area contributed by atoms with Crippen molar-refractivity contribution in [2.75, 3.05) is 17.7 Å². The molecule has 0 aliphatic rings. The van der Waals surface area contributed by atoms with Crippen LogP contribution < -0.4 is 10.1 Å². The zero-order valence-corrected chi connectivity index (χ0v) is 26.8. The fourth-order valence-corrected chi connectivity index (χ4v) is 6.17. The number of nitrogens with one attached hydrogen (secondary N) is 1. The molecule has 0 amide bonds. The van der Waals surface area contributed by atoms with E-state index in [2.05, 4.69) is 36.2 Å². The Morgan fingerprint density at radius 3 is 2.65 bits per heavy atom. The quantitative estimate of drug-likeness (QED) is 0.145. The smallest absolute Gasteiger partial charge is 0.154 e. The van der Waals surface area contributed by atoms with E-state index in [-0.39, 0.29) is 30.9 Å². The second-order valence-electron chi connectivity index (χ2n) is 10.00. The minimum Gasteiger partial charge on any atom is -0.488 e. The molecule has 0 radical (unpaired) electrons. The third-order valence-electron chi connectivity index (χ3n) is 6.59. The molecule has 1 atom stereocenters. The Balaban J connectivity index is 1.29. The molecule has 5 rings (SSSR count). The molecule has 2 aromatic carbocycles. The molecule has 0 saturated heterocycles. The predicted molar refractivity (Wildman–Crippen MR) is 170 cm³/mol. The zero-order valence-electron chi connectivity index (χ0n) is 23.6. The maximum absolute atomic E-state index is 13.5. The van der Waals surface area contributed by atoms with E-state index in [1.807, 2.05) is 36.6 Å². The molecule has 1 unspecified atom stereocenters. The lowest BCUT2D eigenvalue weighted by Gasteiger charge is -2.12. The van der Waals surface area contributed by atoms with Crippen molar-refractivity contribution in [2.45, 2.75) is 38.7 Å². The van der Waals surface area contributed by atoms with Crippen molar-refractivity contribution in [3.8, 4) is 17.1 Å². The lowest BCUT2D eigenvalue weighted by Crippen LogP contribution is -2.21. The average molecular weight is 687 g/mol. The molecule has 0 saturated carbocycles. The van der Waals surface area contributed by atoms with Crippen LogP contribution in [0.15, 0.2) is 70.9 Å². The van der Waals surface area contributed by atoms with Gasteiger partial charge in [-0.2, -0.15) is 0 Å². The van der Waals surface area contributed by atoms with Gasteiger partial charge in [-0.05, 0) is 78.7 Å². The van der Waals surface area contributed by atoms with Gasteiger partial charge in [0.2, 0.25) is 0 Å². The van der Waals surface area contributed by atoms with Crippen LogP contribution in [0.4, 0.5) is 15.9 Å². The van der Waals surface area contributed by atoms with Gasteiger partial charge in [0, 0.05) is 16.5 Å². The highest BCUT2D eigenvalue weighted by Crippen LogP contribution is 2.33. The highest BCUT2D eigenvalue weighted by atomic mass is 79.9. The zero-order chi connectivity index (χ0) is 30.6. The van der Waals surface area contributed by atoms with Crippen LogP contribution in [-0.4, -0.2) is 46.0 Å². The normalized spacial score (nSPS) is 12.5. The number of halogens is 2. The second kappa shape index (κ2) is 13.4. The van der Waals surface area contributed by atoms with Crippen molar-refractivity contribution in [1.82, 2.24) is 19.9 Å². The summed E-state index contributed by atoms with van der Waals surface area (Å²) in [4.78, 5) is 18.0. The van der Waals surface area contributed by atoms with Crippen molar-refractivity contribution < 1.29 is 22.3 Å². The fourth-order valence-electron chi connectivity index (χ4n) is 4.06. The fraction of sp³-hybridized carbons (Fsp3) is 0.267. The molecule has 0 fully saturated rings. The SMILES string of the molecule is CC(OCCS(=O)(=O)C(C)C)c1nc(-c2cc3c(Nc4ccc(OCc5cccc(F)c5)c(Br)c4)ncnc3cn2)cs1. The maximum atomic E-state index is 13.5. The summed E-state index contributed by atoms with van der Waals surface area (Å²) in [6.45, 7) is 5.52. The average Bonchev–Trinajstić information content (AvgIpc) is 3.47. The van der Waals surface area contributed by atoms with E-state index in [0.717, 1.165) is 26.1 Å². The number of fused-ring (bicyclic) bond motifs is 1. The Morgan fingerprint density at radius 1 is 1.05 bits per heavy atom. The predicted octanol–water partition coefficient (Wildman–Crippen LogP) is 7.27. The van der Waals surface area contributed by atoms with Crippen molar-refractivity contribution in [1.29, 1.82) is 0 Å².